The topological polar surface area (TPSA) is 69.3 Å². The zero-order valence-corrected chi connectivity index (χ0v) is 16.5. The minimum absolute atomic E-state index is 0.264. The number of aromatic nitrogens is 2. The number of nitrogens with one attached hydrogen (secondary N) is 1. The van der Waals surface area contributed by atoms with Crippen molar-refractivity contribution < 1.29 is 13.9 Å². The molecule has 0 atom stereocenters. The summed E-state index contributed by atoms with van der Waals surface area (Å²) in [7, 11) is 0. The Hall–Kier alpha value is -3.54. The smallest absolute Gasteiger partial charge is 0.287 e. The summed E-state index contributed by atoms with van der Waals surface area (Å²) in [5.74, 6) is 1.68. The number of benzene rings is 2. The molecule has 2 heterocycles. The second-order valence-electron chi connectivity index (χ2n) is 6.95. The van der Waals surface area contributed by atoms with E-state index in [4.69, 9.17) is 9.15 Å². The largest absolute Gasteiger partial charge is 0.491 e. The van der Waals surface area contributed by atoms with E-state index in [0.29, 0.717) is 19.7 Å². The maximum Gasteiger partial charge on any atom is 0.287 e. The second-order valence-corrected chi connectivity index (χ2v) is 6.95. The monoisotopic (exact) mass is 389 g/mol. The second kappa shape index (κ2) is 8.22. The van der Waals surface area contributed by atoms with Crippen LogP contribution in [0.2, 0.25) is 0 Å². The van der Waals surface area contributed by atoms with Gasteiger partial charge in [-0.05, 0) is 49.7 Å². The highest BCUT2D eigenvalue weighted by Gasteiger charge is 2.14. The predicted molar refractivity (Wildman–Crippen MR) is 111 cm³/mol. The third-order valence-electron chi connectivity index (χ3n) is 4.79. The lowest BCUT2D eigenvalue weighted by Gasteiger charge is -2.13. The summed E-state index contributed by atoms with van der Waals surface area (Å²) < 4.78 is 13.2. The Morgan fingerprint density at radius 3 is 2.79 bits per heavy atom. The van der Waals surface area contributed by atoms with Gasteiger partial charge in [0.1, 0.15) is 18.2 Å². The van der Waals surface area contributed by atoms with Crippen molar-refractivity contribution in [3.8, 4) is 5.75 Å². The van der Waals surface area contributed by atoms with Gasteiger partial charge in [-0.3, -0.25) is 4.79 Å². The molecule has 1 amide bonds. The molecule has 0 bridgehead atoms. The fraction of sp³-hybridized carbons (Fsp3) is 0.217. The molecule has 4 rings (SSSR count). The molecule has 0 radical (unpaired) electrons. The molecule has 148 valence electrons. The summed E-state index contributed by atoms with van der Waals surface area (Å²) >= 11 is 0. The molecule has 2 aromatic heterocycles. The molecular formula is C23H23N3O3. The average molecular weight is 389 g/mol. The zero-order chi connectivity index (χ0) is 20.2. The van der Waals surface area contributed by atoms with Gasteiger partial charge in [-0.2, -0.15) is 0 Å². The van der Waals surface area contributed by atoms with Crippen molar-refractivity contribution in [3.63, 3.8) is 0 Å². The summed E-state index contributed by atoms with van der Waals surface area (Å²) in [5, 5.41) is 2.87. The summed E-state index contributed by atoms with van der Waals surface area (Å²) in [4.78, 5) is 16.9. The molecule has 6 heteroatoms. The highest BCUT2D eigenvalue weighted by molar-refractivity contribution is 5.91. The molecule has 0 aliphatic heterocycles. The van der Waals surface area contributed by atoms with Crippen LogP contribution in [-0.2, 0) is 13.1 Å². The number of carbonyl (C=O) groups excluding carboxylic acids is 1. The fourth-order valence-electron chi connectivity index (χ4n) is 3.37. The molecular weight excluding hydrogens is 366 g/mol. The molecule has 0 unspecified atom stereocenters. The van der Waals surface area contributed by atoms with Gasteiger partial charge in [-0.15, -0.1) is 0 Å². The molecule has 1 N–H and O–H groups in total. The Balaban J connectivity index is 1.49. The number of nitrogens with zero attached hydrogens (tertiary/aromatic N) is 2. The number of hydrogen-bond acceptors (Lipinski definition) is 4. The van der Waals surface area contributed by atoms with Gasteiger partial charge in [0, 0.05) is 0 Å². The number of imidazole rings is 1. The summed E-state index contributed by atoms with van der Waals surface area (Å²) in [5.41, 5.74) is 4.23. The Morgan fingerprint density at radius 1 is 1.14 bits per heavy atom. The number of furan rings is 1. The van der Waals surface area contributed by atoms with E-state index in [1.165, 1.54) is 11.8 Å². The van der Waals surface area contributed by atoms with Crippen LogP contribution in [0.4, 0.5) is 0 Å². The number of rotatable bonds is 7. The van der Waals surface area contributed by atoms with Crippen LogP contribution >= 0.6 is 0 Å². The standard InChI is InChI=1S/C23H23N3O3/c1-16-9-10-20(17(2)14-16)29-13-11-26-19-7-4-3-6-18(19)25-22(26)15-24-23(27)21-8-5-12-28-21/h3-10,12,14H,11,13,15H2,1-2H3,(H,24,27). The van der Waals surface area contributed by atoms with Crippen molar-refractivity contribution in [1.29, 1.82) is 0 Å². The lowest BCUT2D eigenvalue weighted by atomic mass is 10.1. The molecule has 2 aromatic carbocycles. The zero-order valence-electron chi connectivity index (χ0n) is 16.5. The van der Waals surface area contributed by atoms with E-state index in [-0.39, 0.29) is 11.7 Å². The maximum absolute atomic E-state index is 12.2. The first-order chi connectivity index (χ1) is 14.1. The van der Waals surface area contributed by atoms with E-state index in [0.717, 1.165) is 28.2 Å². The van der Waals surface area contributed by atoms with Gasteiger partial charge in [-0.25, -0.2) is 4.98 Å². The predicted octanol–water partition coefficient (Wildman–Crippen LogP) is 4.26. The molecule has 6 nitrogen and oxygen atoms in total. The first-order valence-corrected chi connectivity index (χ1v) is 9.58. The molecule has 4 aromatic rings. The first-order valence-electron chi connectivity index (χ1n) is 9.58. The first kappa shape index (κ1) is 18.8. The van der Waals surface area contributed by atoms with E-state index >= 15 is 0 Å². The number of carbonyl (C=O) groups is 1. The lowest BCUT2D eigenvalue weighted by molar-refractivity contribution is 0.0921. The van der Waals surface area contributed by atoms with E-state index in [1.54, 1.807) is 12.1 Å². The van der Waals surface area contributed by atoms with Gasteiger partial charge in [0.15, 0.2) is 5.76 Å². The van der Waals surface area contributed by atoms with Crippen LogP contribution < -0.4 is 10.1 Å². The van der Waals surface area contributed by atoms with Gasteiger partial charge in [0.25, 0.3) is 5.91 Å². The van der Waals surface area contributed by atoms with Crippen molar-refractivity contribution in [2.45, 2.75) is 26.9 Å². The number of aryl methyl sites for hydroxylation is 2. The number of amides is 1. The van der Waals surface area contributed by atoms with Gasteiger partial charge >= 0.3 is 0 Å². The van der Waals surface area contributed by atoms with Crippen LogP contribution in [0.15, 0.2) is 65.3 Å². The third kappa shape index (κ3) is 4.16. The summed E-state index contributed by atoms with van der Waals surface area (Å²) in [6.45, 7) is 5.54. The van der Waals surface area contributed by atoms with E-state index in [1.807, 2.05) is 43.3 Å². The normalized spacial score (nSPS) is 11.0. The Labute approximate surface area is 169 Å². The molecule has 0 saturated carbocycles. The third-order valence-corrected chi connectivity index (χ3v) is 4.79. The van der Waals surface area contributed by atoms with Crippen LogP contribution in [0.1, 0.15) is 27.5 Å². The summed E-state index contributed by atoms with van der Waals surface area (Å²) in [6.07, 6.45) is 1.48. The molecule has 0 spiro atoms. The SMILES string of the molecule is Cc1ccc(OCCn2c(CNC(=O)c3ccco3)nc3ccccc32)c(C)c1. The Kier molecular flexibility index (Phi) is 5.33. The lowest BCUT2D eigenvalue weighted by Crippen LogP contribution is -2.25. The highest BCUT2D eigenvalue weighted by Crippen LogP contribution is 2.20. The average Bonchev–Trinajstić information content (AvgIpc) is 3.36. The van der Waals surface area contributed by atoms with Gasteiger partial charge in [-0.1, -0.05) is 29.8 Å². The minimum atomic E-state index is -0.264. The highest BCUT2D eigenvalue weighted by atomic mass is 16.5. The Morgan fingerprint density at radius 2 is 2.00 bits per heavy atom. The van der Waals surface area contributed by atoms with Gasteiger partial charge in [0.2, 0.25) is 0 Å². The molecule has 0 aliphatic carbocycles. The minimum Gasteiger partial charge on any atom is -0.491 e. The number of hydrogen-bond donors (Lipinski definition) is 1. The maximum atomic E-state index is 12.2. The fourth-order valence-corrected chi connectivity index (χ4v) is 3.37. The number of para-hydroxylation sites is 2. The number of fused-ring (bicyclic) bond motifs is 1. The molecule has 0 fully saturated rings. The van der Waals surface area contributed by atoms with E-state index in [2.05, 4.69) is 27.9 Å². The molecule has 29 heavy (non-hydrogen) atoms. The van der Waals surface area contributed by atoms with Crippen molar-refractivity contribution in [2.24, 2.45) is 0 Å². The van der Waals surface area contributed by atoms with Crippen molar-refractivity contribution >= 4 is 16.9 Å². The van der Waals surface area contributed by atoms with Crippen LogP contribution in [0.5, 0.6) is 5.75 Å². The number of ether oxygens (including phenoxy) is 1. The van der Waals surface area contributed by atoms with Crippen molar-refractivity contribution in [3.05, 3.63) is 83.6 Å². The van der Waals surface area contributed by atoms with E-state index in [9.17, 15) is 4.79 Å². The molecule has 0 saturated heterocycles. The van der Waals surface area contributed by atoms with E-state index < -0.39 is 0 Å². The van der Waals surface area contributed by atoms with Gasteiger partial charge in [0.05, 0.1) is 30.4 Å². The van der Waals surface area contributed by atoms with Crippen LogP contribution in [0.25, 0.3) is 11.0 Å². The quantitative estimate of drug-likeness (QED) is 0.513. The van der Waals surface area contributed by atoms with Crippen LogP contribution in [0.3, 0.4) is 0 Å². The molecule has 0 aliphatic rings. The van der Waals surface area contributed by atoms with Gasteiger partial charge < -0.3 is 19.0 Å². The van der Waals surface area contributed by atoms with Crippen molar-refractivity contribution in [1.82, 2.24) is 14.9 Å². The van der Waals surface area contributed by atoms with Crippen LogP contribution in [0, 0.1) is 13.8 Å². The summed E-state index contributed by atoms with van der Waals surface area (Å²) in [6, 6.07) is 17.4. The Bertz CT molecular complexity index is 1130. The van der Waals surface area contributed by atoms with Crippen molar-refractivity contribution in [2.75, 3.05) is 6.61 Å². The van der Waals surface area contributed by atoms with Crippen LogP contribution in [-0.4, -0.2) is 22.1 Å².